The van der Waals surface area contributed by atoms with Crippen molar-refractivity contribution in [3.63, 3.8) is 0 Å². The Bertz CT molecular complexity index is 602. The van der Waals surface area contributed by atoms with Crippen LogP contribution in [0, 0.1) is 0 Å². The number of hydrogen-bond donors (Lipinski definition) is 1. The molecule has 4 nitrogen and oxygen atoms in total. The molecule has 4 heteroatoms. The fourth-order valence-corrected chi connectivity index (χ4v) is 2.08. The lowest BCUT2D eigenvalue weighted by Gasteiger charge is -2.05. The SMILES string of the molecule is NCc1c(-c2ccccc2)nnn1-c1ccccc1. The number of rotatable bonds is 3. The van der Waals surface area contributed by atoms with Crippen molar-refractivity contribution in [3.05, 3.63) is 66.4 Å². The molecule has 1 heterocycles. The van der Waals surface area contributed by atoms with E-state index in [2.05, 4.69) is 10.3 Å². The smallest absolute Gasteiger partial charge is 0.118 e. The molecule has 0 radical (unpaired) electrons. The lowest BCUT2D eigenvalue weighted by molar-refractivity contribution is 0.761. The van der Waals surface area contributed by atoms with Gasteiger partial charge in [0.1, 0.15) is 5.69 Å². The summed E-state index contributed by atoms with van der Waals surface area (Å²) in [4.78, 5) is 0. The fraction of sp³-hybridized carbons (Fsp3) is 0.0667. The van der Waals surface area contributed by atoms with Crippen molar-refractivity contribution in [2.75, 3.05) is 0 Å². The van der Waals surface area contributed by atoms with E-state index in [0.717, 1.165) is 22.6 Å². The van der Waals surface area contributed by atoms with Crippen LogP contribution in [0.1, 0.15) is 5.69 Å². The minimum absolute atomic E-state index is 0.395. The molecule has 3 aromatic rings. The van der Waals surface area contributed by atoms with Crippen LogP contribution >= 0.6 is 0 Å². The molecule has 0 saturated carbocycles. The van der Waals surface area contributed by atoms with Crippen LogP contribution in [0.2, 0.25) is 0 Å². The molecule has 19 heavy (non-hydrogen) atoms. The highest BCUT2D eigenvalue weighted by molar-refractivity contribution is 5.62. The molecule has 1 aromatic heterocycles. The zero-order valence-corrected chi connectivity index (χ0v) is 10.4. The van der Waals surface area contributed by atoms with Crippen molar-refractivity contribution >= 4 is 0 Å². The van der Waals surface area contributed by atoms with Crippen molar-refractivity contribution in [2.45, 2.75) is 6.54 Å². The molecule has 0 aliphatic rings. The Morgan fingerprint density at radius 3 is 2.16 bits per heavy atom. The third kappa shape index (κ3) is 2.13. The predicted octanol–water partition coefficient (Wildman–Crippen LogP) is 2.39. The first kappa shape index (κ1) is 11.6. The summed E-state index contributed by atoms with van der Waals surface area (Å²) < 4.78 is 1.79. The van der Waals surface area contributed by atoms with Crippen molar-refractivity contribution < 1.29 is 0 Å². The molecule has 3 rings (SSSR count). The van der Waals surface area contributed by atoms with Gasteiger partial charge >= 0.3 is 0 Å². The lowest BCUT2D eigenvalue weighted by Crippen LogP contribution is -2.07. The van der Waals surface area contributed by atoms with Crippen LogP contribution in [0.4, 0.5) is 0 Å². The topological polar surface area (TPSA) is 56.7 Å². The maximum Gasteiger partial charge on any atom is 0.118 e. The molecule has 0 amide bonds. The van der Waals surface area contributed by atoms with Gasteiger partial charge in [-0.25, -0.2) is 4.68 Å². The first-order chi connectivity index (χ1) is 9.40. The second kappa shape index (κ2) is 5.04. The van der Waals surface area contributed by atoms with Crippen LogP contribution in [0.25, 0.3) is 16.9 Å². The Labute approximate surface area is 111 Å². The molecule has 2 N–H and O–H groups in total. The number of aromatic nitrogens is 3. The highest BCUT2D eigenvalue weighted by Crippen LogP contribution is 2.22. The number of benzene rings is 2. The Hall–Kier alpha value is -2.46. The Morgan fingerprint density at radius 1 is 0.895 bits per heavy atom. The second-order valence-electron chi connectivity index (χ2n) is 4.20. The summed E-state index contributed by atoms with van der Waals surface area (Å²) in [5.74, 6) is 0. The molecule has 0 aliphatic carbocycles. The van der Waals surface area contributed by atoms with Crippen LogP contribution < -0.4 is 5.73 Å². The number of para-hydroxylation sites is 1. The first-order valence-corrected chi connectivity index (χ1v) is 6.15. The molecule has 0 aliphatic heterocycles. The van der Waals surface area contributed by atoms with Crippen molar-refractivity contribution in [2.24, 2.45) is 5.73 Å². The summed E-state index contributed by atoms with van der Waals surface area (Å²) in [6.45, 7) is 0.395. The van der Waals surface area contributed by atoms with E-state index in [9.17, 15) is 0 Å². The Morgan fingerprint density at radius 2 is 1.53 bits per heavy atom. The van der Waals surface area contributed by atoms with Gasteiger partial charge in [-0.3, -0.25) is 0 Å². The number of nitrogens with two attached hydrogens (primary N) is 1. The van der Waals surface area contributed by atoms with Crippen LogP contribution in [0.5, 0.6) is 0 Å². The van der Waals surface area contributed by atoms with Crippen LogP contribution in [0.15, 0.2) is 60.7 Å². The molecular weight excluding hydrogens is 236 g/mol. The van der Waals surface area contributed by atoms with Crippen molar-refractivity contribution in [1.29, 1.82) is 0 Å². The zero-order valence-electron chi connectivity index (χ0n) is 10.4. The van der Waals surface area contributed by atoms with Gasteiger partial charge in [0, 0.05) is 12.1 Å². The Kier molecular flexibility index (Phi) is 3.08. The third-order valence-electron chi connectivity index (χ3n) is 3.00. The summed E-state index contributed by atoms with van der Waals surface area (Å²) in [6, 6.07) is 19.9. The normalized spacial score (nSPS) is 10.6. The van der Waals surface area contributed by atoms with E-state index in [0.29, 0.717) is 6.54 Å². The minimum atomic E-state index is 0.395. The molecule has 0 unspecified atom stereocenters. The van der Waals surface area contributed by atoms with Gasteiger partial charge < -0.3 is 5.73 Å². The monoisotopic (exact) mass is 250 g/mol. The van der Waals surface area contributed by atoms with Crippen LogP contribution in [-0.4, -0.2) is 15.0 Å². The molecule has 94 valence electrons. The van der Waals surface area contributed by atoms with E-state index in [1.165, 1.54) is 0 Å². The zero-order chi connectivity index (χ0) is 13.1. The standard InChI is InChI=1S/C15H14N4/c16-11-14-15(12-7-3-1-4-8-12)17-18-19(14)13-9-5-2-6-10-13/h1-10H,11,16H2. The molecule has 0 atom stereocenters. The maximum absolute atomic E-state index is 5.87. The Balaban J connectivity index is 2.13. The lowest BCUT2D eigenvalue weighted by atomic mass is 10.1. The fourth-order valence-electron chi connectivity index (χ4n) is 2.08. The number of hydrogen-bond acceptors (Lipinski definition) is 3. The molecule has 0 fully saturated rings. The van der Waals surface area contributed by atoms with Gasteiger partial charge in [-0.05, 0) is 12.1 Å². The average molecular weight is 250 g/mol. The molecular formula is C15H14N4. The van der Waals surface area contributed by atoms with Gasteiger partial charge in [-0.15, -0.1) is 5.10 Å². The summed E-state index contributed by atoms with van der Waals surface area (Å²) in [7, 11) is 0. The quantitative estimate of drug-likeness (QED) is 0.776. The highest BCUT2D eigenvalue weighted by Gasteiger charge is 2.13. The van der Waals surface area contributed by atoms with Crippen molar-refractivity contribution in [3.8, 4) is 16.9 Å². The molecule has 0 bridgehead atoms. The van der Waals surface area contributed by atoms with Gasteiger partial charge in [-0.1, -0.05) is 53.7 Å². The summed E-state index contributed by atoms with van der Waals surface area (Å²) in [5, 5.41) is 8.49. The van der Waals surface area contributed by atoms with E-state index in [1.807, 2.05) is 60.7 Å². The first-order valence-electron chi connectivity index (χ1n) is 6.15. The summed E-state index contributed by atoms with van der Waals surface area (Å²) >= 11 is 0. The summed E-state index contributed by atoms with van der Waals surface area (Å²) in [5.41, 5.74) is 9.63. The average Bonchev–Trinajstić information content (AvgIpc) is 2.93. The van der Waals surface area contributed by atoms with Crippen LogP contribution in [-0.2, 0) is 6.54 Å². The van der Waals surface area contributed by atoms with Gasteiger partial charge in [0.25, 0.3) is 0 Å². The highest BCUT2D eigenvalue weighted by atomic mass is 15.4. The predicted molar refractivity (Wildman–Crippen MR) is 74.7 cm³/mol. The van der Waals surface area contributed by atoms with E-state index in [-0.39, 0.29) is 0 Å². The second-order valence-corrected chi connectivity index (χ2v) is 4.20. The van der Waals surface area contributed by atoms with Gasteiger partial charge in [0.05, 0.1) is 11.4 Å². The molecule has 0 saturated heterocycles. The van der Waals surface area contributed by atoms with Crippen molar-refractivity contribution in [1.82, 2.24) is 15.0 Å². The van der Waals surface area contributed by atoms with Gasteiger partial charge in [-0.2, -0.15) is 0 Å². The largest absolute Gasteiger partial charge is 0.325 e. The van der Waals surface area contributed by atoms with E-state index in [1.54, 1.807) is 4.68 Å². The van der Waals surface area contributed by atoms with E-state index in [4.69, 9.17) is 5.73 Å². The molecule has 0 spiro atoms. The van der Waals surface area contributed by atoms with Gasteiger partial charge in [0.15, 0.2) is 0 Å². The third-order valence-corrected chi connectivity index (χ3v) is 3.00. The van der Waals surface area contributed by atoms with Gasteiger partial charge in [0.2, 0.25) is 0 Å². The van der Waals surface area contributed by atoms with E-state index >= 15 is 0 Å². The maximum atomic E-state index is 5.87. The van der Waals surface area contributed by atoms with E-state index < -0.39 is 0 Å². The number of nitrogens with zero attached hydrogens (tertiary/aromatic N) is 3. The summed E-state index contributed by atoms with van der Waals surface area (Å²) in [6.07, 6.45) is 0. The minimum Gasteiger partial charge on any atom is -0.325 e. The van der Waals surface area contributed by atoms with Crippen LogP contribution in [0.3, 0.4) is 0 Å². The molecule has 2 aromatic carbocycles.